The highest BCUT2D eigenvalue weighted by atomic mass is 16.5. The third-order valence-corrected chi connectivity index (χ3v) is 4.67. The molecule has 9 nitrogen and oxygen atoms in total. The van der Waals surface area contributed by atoms with Crippen molar-refractivity contribution in [1.29, 1.82) is 0 Å². The molecule has 0 spiro atoms. The average molecular weight is 355 g/mol. The Bertz CT molecular complexity index is 914. The number of anilines is 3. The number of hydrogen-bond acceptors (Lipinski definition) is 8. The summed E-state index contributed by atoms with van der Waals surface area (Å²) in [4.78, 5) is 32.4. The van der Waals surface area contributed by atoms with Gasteiger partial charge in [0, 0.05) is 29.2 Å². The molecule has 2 aliphatic heterocycles. The van der Waals surface area contributed by atoms with Crippen LogP contribution in [0.1, 0.15) is 31.1 Å². The molecule has 0 radical (unpaired) electrons. The maximum atomic E-state index is 12.4. The topological polar surface area (TPSA) is 125 Å². The number of nitrogens with zero attached hydrogens (tertiary/aromatic N) is 2. The predicted octanol–water partition coefficient (Wildman–Crippen LogP) is 1.49. The third-order valence-electron chi connectivity index (χ3n) is 4.67. The van der Waals surface area contributed by atoms with Crippen molar-refractivity contribution in [1.82, 2.24) is 9.97 Å². The second kappa shape index (κ2) is 5.58. The molecule has 134 valence electrons. The van der Waals surface area contributed by atoms with Crippen LogP contribution in [-0.4, -0.2) is 33.6 Å². The summed E-state index contributed by atoms with van der Waals surface area (Å²) in [7, 11) is 0. The second-order valence-electron chi connectivity index (χ2n) is 6.28. The number of hydrogen-bond donors (Lipinski definition) is 4. The van der Waals surface area contributed by atoms with E-state index < -0.39 is 17.3 Å². The van der Waals surface area contributed by atoms with E-state index in [0.29, 0.717) is 11.3 Å². The van der Waals surface area contributed by atoms with Crippen LogP contribution in [0, 0.1) is 0 Å². The van der Waals surface area contributed by atoms with Crippen LogP contribution in [0.3, 0.4) is 0 Å². The van der Waals surface area contributed by atoms with Gasteiger partial charge in [-0.2, -0.15) is 0 Å². The largest absolute Gasteiger partial charge is 0.479 e. The Balaban J connectivity index is 1.68. The highest BCUT2D eigenvalue weighted by molar-refractivity contribution is 6.19. The number of nitrogens with one attached hydrogen (secondary N) is 3. The van der Waals surface area contributed by atoms with Gasteiger partial charge in [-0.1, -0.05) is 0 Å². The molecule has 2 aliphatic rings. The van der Waals surface area contributed by atoms with Gasteiger partial charge in [-0.3, -0.25) is 9.59 Å². The summed E-state index contributed by atoms with van der Waals surface area (Å²) in [6.45, 7) is 3.46. The molecule has 26 heavy (non-hydrogen) atoms. The van der Waals surface area contributed by atoms with Crippen LogP contribution in [0.15, 0.2) is 24.5 Å². The van der Waals surface area contributed by atoms with Crippen molar-refractivity contribution < 1.29 is 19.4 Å². The minimum absolute atomic E-state index is 0.199. The van der Waals surface area contributed by atoms with Gasteiger partial charge in [0.25, 0.3) is 0 Å². The normalized spacial score (nSPS) is 22.7. The zero-order valence-corrected chi connectivity index (χ0v) is 14.2. The molecular formula is C17H17N5O4. The van der Waals surface area contributed by atoms with Gasteiger partial charge in [0.05, 0.1) is 18.0 Å². The minimum Gasteiger partial charge on any atom is -0.479 e. The highest BCUT2D eigenvalue weighted by Gasteiger charge is 2.51. The van der Waals surface area contributed by atoms with Crippen LogP contribution in [0.5, 0.6) is 6.01 Å². The monoisotopic (exact) mass is 355 g/mol. The van der Waals surface area contributed by atoms with Gasteiger partial charge >= 0.3 is 12.0 Å². The van der Waals surface area contributed by atoms with Gasteiger partial charge in [-0.15, -0.1) is 0 Å². The molecule has 1 aromatic carbocycles. The molecule has 2 aromatic rings. The van der Waals surface area contributed by atoms with E-state index in [0.717, 1.165) is 16.9 Å². The molecule has 0 saturated carbocycles. The molecule has 1 amide bonds. The number of ether oxygens (including phenoxy) is 1. The Morgan fingerprint density at radius 2 is 1.88 bits per heavy atom. The van der Waals surface area contributed by atoms with Gasteiger partial charge < -0.3 is 25.8 Å². The number of carbonyl (C=O) groups is 2. The summed E-state index contributed by atoms with van der Waals surface area (Å²) in [5.41, 5.74) is 2.00. The van der Waals surface area contributed by atoms with Crippen molar-refractivity contribution in [3.8, 4) is 6.01 Å². The number of carbonyl (C=O) groups excluding carboxylic acids is 2. The number of aromatic hydroxyl groups is 1. The number of fused-ring (bicyclic) bond motifs is 2. The minimum atomic E-state index is -1.39. The van der Waals surface area contributed by atoms with Crippen LogP contribution in [0.25, 0.3) is 0 Å². The molecule has 0 aliphatic carbocycles. The number of amides is 1. The maximum absolute atomic E-state index is 12.4. The third kappa shape index (κ3) is 2.24. The first-order chi connectivity index (χ1) is 12.4. The van der Waals surface area contributed by atoms with E-state index >= 15 is 0 Å². The molecule has 4 N–H and O–H groups in total. The molecule has 0 fully saturated rings. The Morgan fingerprint density at radius 3 is 2.54 bits per heavy atom. The molecular weight excluding hydrogens is 338 g/mol. The SMILES string of the molecule is CCOC(=O)C1(C)C(=O)Nc2cc3c(cc21)NC(c1cnc(O)nc1)N3. The summed E-state index contributed by atoms with van der Waals surface area (Å²) in [6, 6.07) is 3.26. The number of benzene rings is 1. The Morgan fingerprint density at radius 1 is 1.23 bits per heavy atom. The van der Waals surface area contributed by atoms with Crippen molar-refractivity contribution in [3.63, 3.8) is 0 Å². The summed E-state index contributed by atoms with van der Waals surface area (Å²) < 4.78 is 5.10. The van der Waals surface area contributed by atoms with Crippen LogP contribution in [0.4, 0.5) is 17.1 Å². The van der Waals surface area contributed by atoms with E-state index in [2.05, 4.69) is 25.9 Å². The molecule has 1 aromatic heterocycles. The molecule has 9 heteroatoms. The summed E-state index contributed by atoms with van der Waals surface area (Å²) >= 11 is 0. The smallest absolute Gasteiger partial charge is 0.326 e. The zero-order chi connectivity index (χ0) is 18.5. The summed E-state index contributed by atoms with van der Waals surface area (Å²) in [5.74, 6) is -0.983. The predicted molar refractivity (Wildman–Crippen MR) is 92.7 cm³/mol. The van der Waals surface area contributed by atoms with E-state index in [1.54, 1.807) is 26.0 Å². The van der Waals surface area contributed by atoms with Gasteiger partial charge in [-0.05, 0) is 26.0 Å². The zero-order valence-electron chi connectivity index (χ0n) is 14.2. The maximum Gasteiger partial charge on any atom is 0.326 e. The Labute approximate surface area is 148 Å². The van der Waals surface area contributed by atoms with Crippen LogP contribution < -0.4 is 16.0 Å². The van der Waals surface area contributed by atoms with Crippen LogP contribution in [0.2, 0.25) is 0 Å². The lowest BCUT2D eigenvalue weighted by atomic mass is 9.83. The summed E-state index contributed by atoms with van der Waals surface area (Å²) in [5, 5.41) is 18.5. The Kier molecular flexibility index (Phi) is 3.46. The standard InChI is InChI=1S/C17H17N5O4/c1-3-26-15(24)17(2)9-4-11-12(5-10(9)22-14(17)23)21-13(20-11)8-6-18-16(25)19-7-8/h4-7,13,20-21H,3H2,1-2H3,(H,22,23)(H,18,19,25). The van der Waals surface area contributed by atoms with Crippen molar-refractivity contribution in [2.45, 2.75) is 25.4 Å². The first-order valence-corrected chi connectivity index (χ1v) is 8.14. The number of esters is 1. The lowest BCUT2D eigenvalue weighted by Crippen LogP contribution is -2.40. The second-order valence-corrected chi connectivity index (χ2v) is 6.28. The molecule has 4 rings (SSSR count). The van der Waals surface area contributed by atoms with E-state index in [1.807, 2.05) is 0 Å². The number of aromatic nitrogens is 2. The van der Waals surface area contributed by atoms with Crippen molar-refractivity contribution in [2.75, 3.05) is 22.6 Å². The quantitative estimate of drug-likeness (QED) is 0.482. The van der Waals surface area contributed by atoms with Crippen LogP contribution >= 0.6 is 0 Å². The van der Waals surface area contributed by atoms with Gasteiger partial charge in [-0.25, -0.2) is 9.97 Å². The van der Waals surface area contributed by atoms with E-state index in [1.165, 1.54) is 12.4 Å². The van der Waals surface area contributed by atoms with Crippen LogP contribution in [-0.2, 0) is 19.7 Å². The van der Waals surface area contributed by atoms with E-state index in [4.69, 9.17) is 4.74 Å². The molecule has 2 unspecified atom stereocenters. The van der Waals surface area contributed by atoms with Gasteiger partial charge in [0.1, 0.15) is 6.17 Å². The lowest BCUT2D eigenvalue weighted by Gasteiger charge is -2.20. The summed E-state index contributed by atoms with van der Waals surface area (Å²) in [6.07, 6.45) is 2.73. The number of rotatable bonds is 3. The van der Waals surface area contributed by atoms with Gasteiger partial charge in [0.15, 0.2) is 5.41 Å². The van der Waals surface area contributed by atoms with Crippen molar-refractivity contribution >= 4 is 28.9 Å². The van der Waals surface area contributed by atoms with Crippen molar-refractivity contribution in [2.24, 2.45) is 0 Å². The van der Waals surface area contributed by atoms with Crippen molar-refractivity contribution in [3.05, 3.63) is 35.7 Å². The molecule has 0 bridgehead atoms. The fourth-order valence-corrected chi connectivity index (χ4v) is 3.20. The molecule has 3 heterocycles. The Hall–Kier alpha value is -3.36. The lowest BCUT2D eigenvalue weighted by molar-refractivity contribution is -0.152. The highest BCUT2D eigenvalue weighted by Crippen LogP contribution is 2.46. The molecule has 2 atom stereocenters. The first kappa shape index (κ1) is 16.1. The first-order valence-electron chi connectivity index (χ1n) is 8.14. The fourth-order valence-electron chi connectivity index (χ4n) is 3.20. The van der Waals surface area contributed by atoms with E-state index in [9.17, 15) is 14.7 Å². The fraction of sp³-hybridized carbons (Fsp3) is 0.294. The molecule has 0 saturated heterocycles. The average Bonchev–Trinajstić information content (AvgIpc) is 3.13. The van der Waals surface area contributed by atoms with Gasteiger partial charge in [0.2, 0.25) is 5.91 Å². The van der Waals surface area contributed by atoms with E-state index in [-0.39, 0.29) is 18.8 Å².